The molecule has 2 rings (SSSR count). The molecule has 0 aliphatic heterocycles. The van der Waals surface area contributed by atoms with Crippen LogP contribution in [0.4, 0.5) is 5.95 Å². The maximum atomic E-state index is 4.29. The first kappa shape index (κ1) is 10.3. The van der Waals surface area contributed by atoms with Crippen molar-refractivity contribution in [3.63, 3.8) is 0 Å². The van der Waals surface area contributed by atoms with Gasteiger partial charge in [-0.3, -0.25) is 0 Å². The lowest BCUT2D eigenvalue weighted by Gasteiger charge is -2.06. The zero-order chi connectivity index (χ0) is 10.7. The van der Waals surface area contributed by atoms with E-state index in [-0.39, 0.29) is 0 Å². The van der Waals surface area contributed by atoms with Gasteiger partial charge in [0.1, 0.15) is 0 Å². The lowest BCUT2D eigenvalue weighted by Crippen LogP contribution is -2.24. The van der Waals surface area contributed by atoms with Crippen molar-refractivity contribution in [2.24, 2.45) is 0 Å². The number of aryl methyl sites for hydroxylation is 2. The summed E-state index contributed by atoms with van der Waals surface area (Å²) in [5.74, 6) is 0.621. The van der Waals surface area contributed by atoms with Crippen LogP contribution >= 0.6 is 0 Å². The van der Waals surface area contributed by atoms with Gasteiger partial charge in [0.05, 0.1) is 11.4 Å². The summed E-state index contributed by atoms with van der Waals surface area (Å²) in [4.78, 5) is 4.29. The van der Waals surface area contributed by atoms with E-state index in [2.05, 4.69) is 25.8 Å². The summed E-state index contributed by atoms with van der Waals surface area (Å²) in [5.41, 5.74) is 1.82. The molecule has 0 bridgehead atoms. The molecular weight excluding hydrogens is 190 g/mol. The van der Waals surface area contributed by atoms with Crippen molar-refractivity contribution in [1.29, 1.82) is 0 Å². The SMILES string of the molecule is Cc1nnc(NCCNC2CC2)nc1C. The van der Waals surface area contributed by atoms with E-state index in [0.29, 0.717) is 5.95 Å². The highest BCUT2D eigenvalue weighted by Crippen LogP contribution is 2.17. The van der Waals surface area contributed by atoms with Crippen molar-refractivity contribution < 1.29 is 0 Å². The number of hydrogen-bond donors (Lipinski definition) is 2. The average Bonchev–Trinajstić information content (AvgIpc) is 3.02. The summed E-state index contributed by atoms with van der Waals surface area (Å²) >= 11 is 0. The third-order valence-electron chi connectivity index (χ3n) is 2.51. The Morgan fingerprint density at radius 2 is 1.93 bits per heavy atom. The molecule has 82 valence electrons. The van der Waals surface area contributed by atoms with E-state index in [1.165, 1.54) is 12.8 Å². The smallest absolute Gasteiger partial charge is 0.243 e. The number of hydrogen-bond acceptors (Lipinski definition) is 5. The van der Waals surface area contributed by atoms with Gasteiger partial charge in [0.25, 0.3) is 0 Å². The van der Waals surface area contributed by atoms with E-state index in [1.807, 2.05) is 13.8 Å². The highest BCUT2D eigenvalue weighted by atomic mass is 15.2. The van der Waals surface area contributed by atoms with Gasteiger partial charge in [0.15, 0.2) is 0 Å². The Morgan fingerprint density at radius 1 is 1.13 bits per heavy atom. The van der Waals surface area contributed by atoms with Crippen molar-refractivity contribution >= 4 is 5.95 Å². The first-order chi connectivity index (χ1) is 7.25. The summed E-state index contributed by atoms with van der Waals surface area (Å²) in [6, 6.07) is 0.755. The molecule has 1 aliphatic carbocycles. The van der Waals surface area contributed by atoms with Gasteiger partial charge in [-0.25, -0.2) is 4.98 Å². The third kappa shape index (κ3) is 3.13. The van der Waals surface area contributed by atoms with E-state index >= 15 is 0 Å². The Labute approximate surface area is 89.7 Å². The molecule has 15 heavy (non-hydrogen) atoms. The van der Waals surface area contributed by atoms with Crippen LogP contribution in [0.2, 0.25) is 0 Å². The Morgan fingerprint density at radius 3 is 2.60 bits per heavy atom. The lowest BCUT2D eigenvalue weighted by molar-refractivity contribution is 0.697. The van der Waals surface area contributed by atoms with Crippen molar-refractivity contribution in [3.05, 3.63) is 11.4 Å². The van der Waals surface area contributed by atoms with Gasteiger partial charge in [0.2, 0.25) is 5.95 Å². The minimum absolute atomic E-state index is 0.621. The summed E-state index contributed by atoms with van der Waals surface area (Å²) in [6.07, 6.45) is 2.64. The minimum Gasteiger partial charge on any atom is -0.352 e. The molecule has 1 aromatic rings. The molecule has 1 saturated carbocycles. The highest BCUT2D eigenvalue weighted by molar-refractivity contribution is 5.24. The molecule has 5 nitrogen and oxygen atoms in total. The van der Waals surface area contributed by atoms with Gasteiger partial charge in [0, 0.05) is 19.1 Å². The zero-order valence-electron chi connectivity index (χ0n) is 9.25. The van der Waals surface area contributed by atoms with Gasteiger partial charge in [-0.2, -0.15) is 5.10 Å². The molecule has 1 heterocycles. The van der Waals surface area contributed by atoms with E-state index in [9.17, 15) is 0 Å². The van der Waals surface area contributed by atoms with Crippen molar-refractivity contribution in [1.82, 2.24) is 20.5 Å². The fraction of sp³-hybridized carbons (Fsp3) is 0.700. The molecule has 1 fully saturated rings. The van der Waals surface area contributed by atoms with E-state index in [0.717, 1.165) is 30.5 Å². The topological polar surface area (TPSA) is 62.7 Å². The van der Waals surface area contributed by atoms with E-state index < -0.39 is 0 Å². The predicted molar refractivity (Wildman–Crippen MR) is 58.8 cm³/mol. The second-order valence-electron chi connectivity index (χ2n) is 3.96. The van der Waals surface area contributed by atoms with Crippen LogP contribution in [0.15, 0.2) is 0 Å². The number of nitrogens with zero attached hydrogens (tertiary/aromatic N) is 3. The molecule has 0 atom stereocenters. The molecule has 0 saturated heterocycles. The van der Waals surface area contributed by atoms with Crippen LogP contribution in [-0.2, 0) is 0 Å². The quantitative estimate of drug-likeness (QED) is 0.694. The Bertz CT molecular complexity index is 335. The fourth-order valence-corrected chi connectivity index (χ4v) is 1.27. The van der Waals surface area contributed by atoms with Crippen LogP contribution in [0, 0.1) is 13.8 Å². The number of nitrogens with one attached hydrogen (secondary N) is 2. The fourth-order valence-electron chi connectivity index (χ4n) is 1.27. The second kappa shape index (κ2) is 4.53. The van der Waals surface area contributed by atoms with Crippen LogP contribution in [0.5, 0.6) is 0 Å². The monoisotopic (exact) mass is 207 g/mol. The molecular formula is C10H17N5. The molecule has 0 amide bonds. The molecule has 0 unspecified atom stereocenters. The first-order valence-electron chi connectivity index (χ1n) is 5.41. The Balaban J connectivity index is 1.74. The summed E-state index contributed by atoms with van der Waals surface area (Å²) in [5, 5.41) is 14.5. The zero-order valence-corrected chi connectivity index (χ0v) is 9.25. The van der Waals surface area contributed by atoms with E-state index in [1.54, 1.807) is 0 Å². The minimum atomic E-state index is 0.621. The second-order valence-corrected chi connectivity index (χ2v) is 3.96. The van der Waals surface area contributed by atoms with Crippen molar-refractivity contribution in [2.45, 2.75) is 32.7 Å². The molecule has 1 aromatic heterocycles. The Hall–Kier alpha value is -1.23. The highest BCUT2D eigenvalue weighted by Gasteiger charge is 2.19. The van der Waals surface area contributed by atoms with Crippen LogP contribution in [0.25, 0.3) is 0 Å². The van der Waals surface area contributed by atoms with Crippen LogP contribution in [0.3, 0.4) is 0 Å². The number of rotatable bonds is 5. The maximum Gasteiger partial charge on any atom is 0.243 e. The summed E-state index contributed by atoms with van der Waals surface area (Å²) in [6.45, 7) is 5.66. The Kier molecular flexibility index (Phi) is 3.11. The van der Waals surface area contributed by atoms with Crippen molar-refractivity contribution in [3.8, 4) is 0 Å². The number of anilines is 1. The maximum absolute atomic E-state index is 4.29. The van der Waals surface area contributed by atoms with Crippen LogP contribution < -0.4 is 10.6 Å². The van der Waals surface area contributed by atoms with Crippen LogP contribution in [0.1, 0.15) is 24.2 Å². The van der Waals surface area contributed by atoms with Gasteiger partial charge >= 0.3 is 0 Å². The summed E-state index contributed by atoms with van der Waals surface area (Å²) in [7, 11) is 0. The molecule has 0 aromatic carbocycles. The molecule has 5 heteroatoms. The van der Waals surface area contributed by atoms with E-state index in [4.69, 9.17) is 0 Å². The van der Waals surface area contributed by atoms with Gasteiger partial charge in [-0.1, -0.05) is 0 Å². The molecule has 1 aliphatic rings. The van der Waals surface area contributed by atoms with Crippen LogP contribution in [-0.4, -0.2) is 34.3 Å². The van der Waals surface area contributed by atoms with Gasteiger partial charge in [-0.15, -0.1) is 5.10 Å². The molecule has 0 spiro atoms. The molecule has 0 radical (unpaired) electrons. The normalized spacial score (nSPS) is 15.3. The van der Waals surface area contributed by atoms with Crippen molar-refractivity contribution in [2.75, 3.05) is 18.4 Å². The van der Waals surface area contributed by atoms with Gasteiger partial charge in [-0.05, 0) is 26.7 Å². The number of aromatic nitrogens is 3. The third-order valence-corrected chi connectivity index (χ3v) is 2.51. The van der Waals surface area contributed by atoms with Gasteiger partial charge < -0.3 is 10.6 Å². The standard InChI is InChI=1S/C10H17N5/c1-7-8(2)14-15-10(13-7)12-6-5-11-9-3-4-9/h9,11H,3-6H2,1-2H3,(H,12,13,15). The average molecular weight is 207 g/mol. The predicted octanol–water partition coefficient (Wildman–Crippen LogP) is 0.652. The molecule has 2 N–H and O–H groups in total. The summed E-state index contributed by atoms with van der Waals surface area (Å²) < 4.78 is 0. The first-order valence-corrected chi connectivity index (χ1v) is 5.41. The largest absolute Gasteiger partial charge is 0.352 e. The lowest BCUT2D eigenvalue weighted by atomic mass is 10.4.